The van der Waals surface area contributed by atoms with Crippen molar-refractivity contribution in [3.63, 3.8) is 0 Å². The number of hydrogen-bond donors (Lipinski definition) is 1. The molecule has 1 atom stereocenters. The fraction of sp³-hybridized carbons (Fsp3) is 1.00. The molecule has 2 nitrogen and oxygen atoms in total. The lowest BCUT2D eigenvalue weighted by Gasteiger charge is -2.05. The van der Waals surface area contributed by atoms with E-state index in [1.807, 2.05) is 0 Å². The predicted molar refractivity (Wildman–Crippen MR) is 47.8 cm³/mol. The third-order valence-corrected chi connectivity index (χ3v) is 2.11. The Morgan fingerprint density at radius 2 is 2.20 bits per heavy atom. The molecule has 0 rings (SSSR count). The van der Waals surface area contributed by atoms with Crippen LogP contribution < -0.4 is 0 Å². The molecule has 0 aliphatic heterocycles. The van der Waals surface area contributed by atoms with Crippen LogP contribution in [0.5, 0.6) is 0 Å². The maximum atomic E-state index is 8.79. The molecule has 0 saturated heterocycles. The normalized spacial score (nSPS) is 16.7. The standard InChI is InChI=1S/C5H12ClO2PS/c1-2-3-4-5-8-9(6,7)10/h2-5H2,1H3,(H,7,10). The van der Waals surface area contributed by atoms with E-state index in [1.165, 1.54) is 0 Å². The van der Waals surface area contributed by atoms with Gasteiger partial charge in [0.2, 0.25) is 0 Å². The van der Waals surface area contributed by atoms with Crippen LogP contribution in [0.15, 0.2) is 0 Å². The minimum atomic E-state index is -2.90. The van der Waals surface area contributed by atoms with Crippen LogP contribution >= 0.6 is 17.1 Å². The molecule has 62 valence electrons. The van der Waals surface area contributed by atoms with Gasteiger partial charge in [-0.05, 0) is 29.5 Å². The first-order valence-corrected chi connectivity index (χ1v) is 6.81. The number of hydrogen-bond acceptors (Lipinski definition) is 2. The second kappa shape index (κ2) is 5.50. The lowest BCUT2D eigenvalue weighted by Crippen LogP contribution is -1.87. The molecule has 1 N–H and O–H groups in total. The van der Waals surface area contributed by atoms with Crippen LogP contribution in [0.25, 0.3) is 0 Å². The second-order valence-electron chi connectivity index (χ2n) is 1.99. The summed E-state index contributed by atoms with van der Waals surface area (Å²) in [5.41, 5.74) is 0. The Kier molecular flexibility index (Phi) is 5.98. The van der Waals surface area contributed by atoms with Gasteiger partial charge in [-0.2, -0.15) is 0 Å². The Bertz CT molecular complexity index is 125. The average molecular weight is 203 g/mol. The molecule has 10 heavy (non-hydrogen) atoms. The van der Waals surface area contributed by atoms with Gasteiger partial charge in [-0.25, -0.2) is 0 Å². The maximum absolute atomic E-state index is 8.79. The molecule has 0 aromatic heterocycles. The molecule has 0 saturated carbocycles. The van der Waals surface area contributed by atoms with Gasteiger partial charge in [0.05, 0.1) is 6.61 Å². The molecule has 0 radical (unpaired) electrons. The summed E-state index contributed by atoms with van der Waals surface area (Å²) in [4.78, 5) is 8.79. The van der Waals surface area contributed by atoms with Gasteiger partial charge in [0.25, 0.3) is 5.84 Å². The monoisotopic (exact) mass is 202 g/mol. The molecule has 5 heteroatoms. The number of rotatable bonds is 5. The minimum Gasteiger partial charge on any atom is -0.334 e. The summed E-state index contributed by atoms with van der Waals surface area (Å²) in [6.07, 6.45) is 3.13. The Balaban J connectivity index is 3.13. The van der Waals surface area contributed by atoms with Gasteiger partial charge >= 0.3 is 0 Å². The fourth-order valence-corrected chi connectivity index (χ4v) is 1.31. The van der Waals surface area contributed by atoms with E-state index < -0.39 is 5.84 Å². The third kappa shape index (κ3) is 8.86. The van der Waals surface area contributed by atoms with E-state index in [4.69, 9.17) is 20.7 Å². The second-order valence-corrected chi connectivity index (χ2v) is 6.61. The first-order valence-electron chi connectivity index (χ1n) is 3.23. The highest BCUT2D eigenvalue weighted by Gasteiger charge is 2.05. The molecule has 0 aliphatic rings. The molecule has 0 aromatic carbocycles. The van der Waals surface area contributed by atoms with E-state index in [9.17, 15) is 0 Å². The predicted octanol–water partition coefficient (Wildman–Crippen LogP) is 2.65. The first-order chi connectivity index (χ1) is 4.56. The van der Waals surface area contributed by atoms with Crippen LogP contribution in [0, 0.1) is 0 Å². The molecule has 0 bridgehead atoms. The lowest BCUT2D eigenvalue weighted by molar-refractivity contribution is 0.308. The highest BCUT2D eigenvalue weighted by molar-refractivity contribution is 8.21. The van der Waals surface area contributed by atoms with Crippen molar-refractivity contribution in [3.05, 3.63) is 0 Å². The number of halogens is 1. The summed E-state index contributed by atoms with van der Waals surface area (Å²) in [5.74, 6) is -2.90. The summed E-state index contributed by atoms with van der Waals surface area (Å²) < 4.78 is 4.78. The molecule has 0 heterocycles. The number of unbranched alkanes of at least 4 members (excludes halogenated alkanes) is 2. The molecular weight excluding hydrogens is 191 g/mol. The Morgan fingerprint density at radius 3 is 2.60 bits per heavy atom. The Morgan fingerprint density at radius 1 is 1.60 bits per heavy atom. The summed E-state index contributed by atoms with van der Waals surface area (Å²) in [7, 11) is 0. The summed E-state index contributed by atoms with van der Waals surface area (Å²) >= 11 is 9.72. The van der Waals surface area contributed by atoms with Crippen molar-refractivity contribution in [3.8, 4) is 0 Å². The molecule has 1 unspecified atom stereocenters. The summed E-state index contributed by atoms with van der Waals surface area (Å²) in [6.45, 7) is 2.57. The molecule has 0 aromatic rings. The first kappa shape index (κ1) is 10.9. The van der Waals surface area contributed by atoms with E-state index in [0.29, 0.717) is 6.61 Å². The van der Waals surface area contributed by atoms with Crippen molar-refractivity contribution in [2.45, 2.75) is 26.2 Å². The molecule has 0 amide bonds. The van der Waals surface area contributed by atoms with Gasteiger partial charge in [-0.1, -0.05) is 19.8 Å². The van der Waals surface area contributed by atoms with Crippen molar-refractivity contribution in [1.82, 2.24) is 0 Å². The van der Waals surface area contributed by atoms with Crippen molar-refractivity contribution in [2.75, 3.05) is 6.61 Å². The van der Waals surface area contributed by atoms with E-state index in [1.54, 1.807) is 0 Å². The molecule has 0 aliphatic carbocycles. The van der Waals surface area contributed by atoms with E-state index in [0.717, 1.165) is 19.3 Å². The van der Waals surface area contributed by atoms with Crippen molar-refractivity contribution in [2.24, 2.45) is 0 Å². The third-order valence-electron chi connectivity index (χ3n) is 0.998. The fourth-order valence-electron chi connectivity index (χ4n) is 0.529. The van der Waals surface area contributed by atoms with Crippen molar-refractivity contribution < 1.29 is 9.42 Å². The van der Waals surface area contributed by atoms with Gasteiger partial charge in [0, 0.05) is 0 Å². The van der Waals surface area contributed by atoms with E-state index >= 15 is 0 Å². The van der Waals surface area contributed by atoms with Crippen LogP contribution in [0.2, 0.25) is 0 Å². The zero-order valence-electron chi connectivity index (χ0n) is 5.92. The van der Waals surface area contributed by atoms with Crippen LogP contribution in [-0.4, -0.2) is 11.5 Å². The largest absolute Gasteiger partial charge is 0.334 e. The minimum absolute atomic E-state index is 0.477. The quantitative estimate of drug-likeness (QED) is 0.549. The summed E-state index contributed by atoms with van der Waals surface area (Å²) in [6, 6.07) is 0. The van der Waals surface area contributed by atoms with Crippen molar-refractivity contribution >= 4 is 28.9 Å². The van der Waals surface area contributed by atoms with Crippen LogP contribution in [0.4, 0.5) is 0 Å². The van der Waals surface area contributed by atoms with Gasteiger partial charge in [-0.15, -0.1) is 0 Å². The zero-order valence-corrected chi connectivity index (χ0v) is 8.38. The van der Waals surface area contributed by atoms with Gasteiger partial charge in [0.1, 0.15) is 0 Å². The van der Waals surface area contributed by atoms with Crippen LogP contribution in [-0.2, 0) is 16.3 Å². The lowest BCUT2D eigenvalue weighted by atomic mass is 10.3. The summed E-state index contributed by atoms with van der Waals surface area (Å²) in [5, 5.41) is 0. The highest BCUT2D eigenvalue weighted by atomic mass is 35.7. The van der Waals surface area contributed by atoms with Gasteiger partial charge < -0.3 is 9.42 Å². The Hall–Kier alpha value is 0.860. The van der Waals surface area contributed by atoms with Crippen LogP contribution in [0.1, 0.15) is 26.2 Å². The maximum Gasteiger partial charge on any atom is 0.279 e. The zero-order chi connectivity index (χ0) is 8.04. The van der Waals surface area contributed by atoms with Crippen LogP contribution in [0.3, 0.4) is 0 Å². The highest BCUT2D eigenvalue weighted by Crippen LogP contribution is 2.47. The average Bonchev–Trinajstić information content (AvgIpc) is 1.78. The molecular formula is C5H12ClO2PS. The van der Waals surface area contributed by atoms with Crippen molar-refractivity contribution in [1.29, 1.82) is 0 Å². The van der Waals surface area contributed by atoms with Gasteiger partial charge in [-0.3, -0.25) is 0 Å². The molecule has 0 fully saturated rings. The molecule has 0 spiro atoms. The SMILES string of the molecule is CCCCCOP(O)(=S)Cl. The van der Waals surface area contributed by atoms with E-state index in [-0.39, 0.29) is 0 Å². The smallest absolute Gasteiger partial charge is 0.279 e. The topological polar surface area (TPSA) is 29.5 Å². The van der Waals surface area contributed by atoms with Gasteiger partial charge in [0.15, 0.2) is 0 Å². The Labute approximate surface area is 71.5 Å². The van der Waals surface area contributed by atoms with E-state index in [2.05, 4.69) is 18.7 Å².